The van der Waals surface area contributed by atoms with Gasteiger partial charge in [-0.05, 0) is 13.0 Å². The molecule has 0 radical (unpaired) electrons. The third kappa shape index (κ3) is 19.4. The Morgan fingerprint density at radius 1 is 0.714 bits per heavy atom. The molecule has 0 aliphatic heterocycles. The van der Waals surface area contributed by atoms with Crippen molar-refractivity contribution in [2.45, 2.75) is 77.6 Å². The lowest BCUT2D eigenvalue weighted by atomic mass is 10.1. The fourth-order valence-corrected chi connectivity index (χ4v) is 2.36. The Bertz CT molecular complexity index is 223. The van der Waals surface area contributed by atoms with Crippen LogP contribution in [0.4, 0.5) is 0 Å². The number of nitrogens with one attached hydrogen (secondary N) is 2. The van der Waals surface area contributed by atoms with E-state index in [0.29, 0.717) is 6.54 Å². The fraction of sp³-hybridized carbons (Fsp3) is 0.941. The fourth-order valence-electron chi connectivity index (χ4n) is 2.36. The summed E-state index contributed by atoms with van der Waals surface area (Å²) in [7, 11) is 0. The number of rotatable bonds is 17. The van der Waals surface area contributed by atoms with Crippen molar-refractivity contribution in [3.63, 3.8) is 0 Å². The van der Waals surface area contributed by atoms with Crippen LogP contribution < -0.4 is 10.6 Å². The Morgan fingerprint density at radius 3 is 1.71 bits per heavy atom. The number of carboxylic acids is 1. The van der Waals surface area contributed by atoms with Crippen LogP contribution in [0, 0.1) is 0 Å². The summed E-state index contributed by atoms with van der Waals surface area (Å²) in [6.07, 6.45) is 13.9. The summed E-state index contributed by atoms with van der Waals surface area (Å²) in [6, 6.07) is 0. The molecule has 0 amide bonds. The molecule has 0 unspecified atom stereocenters. The Morgan fingerprint density at radius 2 is 1.19 bits per heavy atom. The van der Waals surface area contributed by atoms with Crippen molar-refractivity contribution >= 4 is 5.97 Å². The molecule has 0 spiro atoms. The van der Waals surface area contributed by atoms with E-state index < -0.39 is 5.97 Å². The number of unbranched alkanes of at least 4 members (excludes halogenated alkanes) is 9. The maximum Gasteiger partial charge on any atom is 0.304 e. The van der Waals surface area contributed by atoms with Gasteiger partial charge in [0.05, 0.1) is 6.42 Å². The first-order chi connectivity index (χ1) is 10.3. The van der Waals surface area contributed by atoms with Crippen LogP contribution in [0.5, 0.6) is 0 Å². The summed E-state index contributed by atoms with van der Waals surface area (Å²) >= 11 is 0. The van der Waals surface area contributed by atoms with Crippen molar-refractivity contribution in [2.24, 2.45) is 0 Å². The first-order valence-electron chi connectivity index (χ1n) is 8.90. The third-order valence-corrected chi connectivity index (χ3v) is 3.70. The molecule has 0 bridgehead atoms. The molecule has 0 rings (SSSR count). The maximum absolute atomic E-state index is 10.3. The highest BCUT2D eigenvalue weighted by Crippen LogP contribution is 2.10. The van der Waals surface area contributed by atoms with E-state index in [1.165, 1.54) is 64.2 Å². The number of carboxylic acid groups (broad SMARTS) is 1. The normalized spacial score (nSPS) is 10.9. The summed E-state index contributed by atoms with van der Waals surface area (Å²) in [5.74, 6) is -0.735. The molecule has 0 saturated carbocycles. The maximum atomic E-state index is 10.3. The van der Waals surface area contributed by atoms with Crippen molar-refractivity contribution in [3.8, 4) is 0 Å². The second kappa shape index (κ2) is 17.4. The van der Waals surface area contributed by atoms with Crippen LogP contribution in [0.2, 0.25) is 0 Å². The summed E-state index contributed by atoms with van der Waals surface area (Å²) < 4.78 is 0. The highest BCUT2D eigenvalue weighted by atomic mass is 16.4. The van der Waals surface area contributed by atoms with Gasteiger partial charge in [0.1, 0.15) is 0 Å². The van der Waals surface area contributed by atoms with Gasteiger partial charge in [-0.25, -0.2) is 0 Å². The Balaban J connectivity index is 2.95. The highest BCUT2D eigenvalue weighted by Gasteiger charge is 1.95. The average Bonchev–Trinajstić information content (AvgIpc) is 2.46. The van der Waals surface area contributed by atoms with Crippen LogP contribution in [0.3, 0.4) is 0 Å². The van der Waals surface area contributed by atoms with Crippen molar-refractivity contribution in [1.29, 1.82) is 0 Å². The zero-order chi connectivity index (χ0) is 15.6. The molecule has 4 heteroatoms. The quantitative estimate of drug-likeness (QED) is 0.359. The molecule has 0 atom stereocenters. The van der Waals surface area contributed by atoms with E-state index in [0.717, 1.165) is 19.6 Å². The second-order valence-corrected chi connectivity index (χ2v) is 5.83. The van der Waals surface area contributed by atoms with Gasteiger partial charge in [0, 0.05) is 19.6 Å². The van der Waals surface area contributed by atoms with Gasteiger partial charge in [-0.2, -0.15) is 0 Å². The molecule has 0 saturated heterocycles. The monoisotopic (exact) mass is 300 g/mol. The number of carbonyl (C=O) groups is 1. The van der Waals surface area contributed by atoms with Gasteiger partial charge in [0.2, 0.25) is 0 Å². The van der Waals surface area contributed by atoms with Gasteiger partial charge >= 0.3 is 5.97 Å². The SMILES string of the molecule is CCCCCCCCCCCCNCCNCCC(=O)O. The number of hydrogen-bond donors (Lipinski definition) is 3. The predicted molar refractivity (Wildman–Crippen MR) is 89.8 cm³/mol. The Labute approximate surface area is 131 Å². The molecular formula is C17H36N2O2. The van der Waals surface area contributed by atoms with E-state index in [9.17, 15) is 4.79 Å². The zero-order valence-electron chi connectivity index (χ0n) is 14.0. The van der Waals surface area contributed by atoms with Crippen LogP contribution >= 0.6 is 0 Å². The Kier molecular flexibility index (Phi) is 16.9. The largest absolute Gasteiger partial charge is 0.481 e. The molecule has 0 aliphatic rings. The summed E-state index contributed by atoms with van der Waals surface area (Å²) in [4.78, 5) is 10.3. The molecule has 0 aliphatic carbocycles. The minimum absolute atomic E-state index is 0.207. The lowest BCUT2D eigenvalue weighted by Crippen LogP contribution is -2.29. The first-order valence-corrected chi connectivity index (χ1v) is 8.90. The smallest absolute Gasteiger partial charge is 0.304 e. The van der Waals surface area contributed by atoms with Crippen LogP contribution in [-0.2, 0) is 4.79 Å². The van der Waals surface area contributed by atoms with Gasteiger partial charge in [-0.3, -0.25) is 4.79 Å². The van der Waals surface area contributed by atoms with Gasteiger partial charge in [-0.1, -0.05) is 64.7 Å². The predicted octanol–water partition coefficient (Wildman–Crippen LogP) is 3.56. The van der Waals surface area contributed by atoms with Crippen molar-refractivity contribution in [3.05, 3.63) is 0 Å². The molecule has 3 N–H and O–H groups in total. The van der Waals surface area contributed by atoms with Crippen molar-refractivity contribution in [2.75, 3.05) is 26.2 Å². The van der Waals surface area contributed by atoms with E-state index in [-0.39, 0.29) is 6.42 Å². The van der Waals surface area contributed by atoms with E-state index in [1.807, 2.05) is 0 Å². The highest BCUT2D eigenvalue weighted by molar-refractivity contribution is 5.66. The molecule has 4 nitrogen and oxygen atoms in total. The molecule has 0 heterocycles. The van der Waals surface area contributed by atoms with Crippen molar-refractivity contribution in [1.82, 2.24) is 10.6 Å². The van der Waals surface area contributed by atoms with E-state index in [1.54, 1.807) is 0 Å². The van der Waals surface area contributed by atoms with Crippen LogP contribution in [0.1, 0.15) is 77.6 Å². The lowest BCUT2D eigenvalue weighted by Gasteiger charge is -2.06. The van der Waals surface area contributed by atoms with E-state index in [2.05, 4.69) is 17.6 Å². The molecule has 21 heavy (non-hydrogen) atoms. The minimum atomic E-state index is -0.735. The first kappa shape index (κ1) is 20.4. The molecule has 0 aromatic heterocycles. The molecule has 126 valence electrons. The molecule has 0 aromatic rings. The topological polar surface area (TPSA) is 61.4 Å². The zero-order valence-corrected chi connectivity index (χ0v) is 14.0. The minimum Gasteiger partial charge on any atom is -0.481 e. The lowest BCUT2D eigenvalue weighted by molar-refractivity contribution is -0.136. The standard InChI is InChI=1S/C17H36N2O2/c1-2-3-4-5-6-7-8-9-10-11-13-18-15-16-19-14-12-17(20)21/h18-19H,2-16H2,1H3,(H,20,21). The van der Waals surface area contributed by atoms with Gasteiger partial charge < -0.3 is 15.7 Å². The Hall–Kier alpha value is -0.610. The average molecular weight is 300 g/mol. The van der Waals surface area contributed by atoms with Crippen LogP contribution in [-0.4, -0.2) is 37.3 Å². The van der Waals surface area contributed by atoms with E-state index >= 15 is 0 Å². The molecular weight excluding hydrogens is 264 g/mol. The molecule has 0 fully saturated rings. The summed E-state index contributed by atoms with van der Waals surface area (Å²) in [5.41, 5.74) is 0. The summed E-state index contributed by atoms with van der Waals surface area (Å²) in [5, 5.41) is 15.0. The number of hydrogen-bond acceptors (Lipinski definition) is 3. The van der Waals surface area contributed by atoms with Gasteiger partial charge in [0.15, 0.2) is 0 Å². The van der Waals surface area contributed by atoms with Gasteiger partial charge in [-0.15, -0.1) is 0 Å². The number of aliphatic carboxylic acids is 1. The third-order valence-electron chi connectivity index (χ3n) is 3.70. The van der Waals surface area contributed by atoms with E-state index in [4.69, 9.17) is 5.11 Å². The molecule has 0 aromatic carbocycles. The summed E-state index contributed by atoms with van der Waals surface area (Å²) in [6.45, 7) is 5.69. The second-order valence-electron chi connectivity index (χ2n) is 5.83. The van der Waals surface area contributed by atoms with Crippen LogP contribution in [0.25, 0.3) is 0 Å². The van der Waals surface area contributed by atoms with Crippen molar-refractivity contribution < 1.29 is 9.90 Å². The van der Waals surface area contributed by atoms with Crippen LogP contribution in [0.15, 0.2) is 0 Å². The van der Waals surface area contributed by atoms with Gasteiger partial charge in [0.25, 0.3) is 0 Å².